The first kappa shape index (κ1) is 12.2. The first-order valence-electron chi connectivity index (χ1n) is 6.60. The second-order valence-corrected chi connectivity index (χ2v) is 5.52. The molecule has 2 fully saturated rings. The highest BCUT2D eigenvalue weighted by atomic mass is 16.2. The quantitative estimate of drug-likeness (QED) is 0.636. The maximum Gasteiger partial charge on any atom is 0.265 e. The molecule has 1 aliphatic carbocycles. The fourth-order valence-electron chi connectivity index (χ4n) is 3.03. The normalized spacial score (nSPS) is 24.1. The monoisotopic (exact) mass is 262 g/mol. The topological polar surface area (TPSA) is 100 Å². The molecule has 0 bridgehead atoms. The molecular formula is C13H18N4O2. The molecule has 2 aliphatic rings. The Balaban J connectivity index is 1.61. The minimum absolute atomic E-state index is 0.0527. The van der Waals surface area contributed by atoms with Crippen molar-refractivity contribution in [2.24, 2.45) is 17.1 Å². The molecule has 1 aromatic heterocycles. The number of primary amides is 1. The van der Waals surface area contributed by atoms with Crippen LogP contribution in [0.5, 0.6) is 0 Å². The van der Waals surface area contributed by atoms with E-state index in [9.17, 15) is 9.59 Å². The number of amides is 2. The molecule has 1 saturated carbocycles. The Morgan fingerprint density at radius 2 is 2.11 bits per heavy atom. The molecule has 1 aliphatic heterocycles. The van der Waals surface area contributed by atoms with Gasteiger partial charge in [0.05, 0.1) is 5.69 Å². The van der Waals surface area contributed by atoms with E-state index in [1.54, 1.807) is 12.3 Å². The number of aromatic amines is 1. The van der Waals surface area contributed by atoms with Crippen molar-refractivity contribution in [1.29, 1.82) is 0 Å². The fourth-order valence-corrected chi connectivity index (χ4v) is 3.03. The van der Waals surface area contributed by atoms with E-state index in [1.165, 1.54) is 0 Å². The van der Waals surface area contributed by atoms with Crippen LogP contribution in [0.25, 0.3) is 0 Å². The lowest BCUT2D eigenvalue weighted by molar-refractivity contribution is -0.118. The minimum atomic E-state index is -0.526. The van der Waals surface area contributed by atoms with Crippen LogP contribution in [-0.4, -0.2) is 29.9 Å². The summed E-state index contributed by atoms with van der Waals surface area (Å²) in [5.41, 5.74) is 6.29. The van der Waals surface area contributed by atoms with Crippen molar-refractivity contribution >= 4 is 17.5 Å². The number of anilines is 1. The Morgan fingerprint density at radius 3 is 2.74 bits per heavy atom. The number of piperidine rings is 1. The average Bonchev–Trinajstić information content (AvgIpc) is 2.86. The van der Waals surface area contributed by atoms with Gasteiger partial charge in [0.1, 0.15) is 5.69 Å². The van der Waals surface area contributed by atoms with Crippen molar-refractivity contribution in [2.75, 3.05) is 18.4 Å². The predicted octanol–water partition coefficient (Wildman–Crippen LogP) is 0.442. The van der Waals surface area contributed by atoms with Crippen molar-refractivity contribution in [3.8, 4) is 0 Å². The summed E-state index contributed by atoms with van der Waals surface area (Å²) in [6, 6.07) is 1.57. The van der Waals surface area contributed by atoms with Gasteiger partial charge in [0.2, 0.25) is 5.91 Å². The largest absolute Gasteiger partial charge is 0.364 e. The SMILES string of the molecule is NC(=O)c1cc(NC(=O)C2CC23CCNCC3)c[nH]1. The van der Waals surface area contributed by atoms with Gasteiger partial charge in [-0.05, 0) is 43.8 Å². The van der Waals surface area contributed by atoms with E-state index in [2.05, 4.69) is 15.6 Å². The Kier molecular flexibility index (Phi) is 2.82. The molecule has 6 nitrogen and oxygen atoms in total. The minimum Gasteiger partial charge on any atom is -0.364 e. The predicted molar refractivity (Wildman–Crippen MR) is 70.6 cm³/mol. The van der Waals surface area contributed by atoms with Crippen LogP contribution in [0, 0.1) is 11.3 Å². The summed E-state index contributed by atoms with van der Waals surface area (Å²) >= 11 is 0. The molecule has 1 saturated heterocycles. The molecule has 6 heteroatoms. The molecule has 19 heavy (non-hydrogen) atoms. The van der Waals surface area contributed by atoms with E-state index >= 15 is 0 Å². The molecular weight excluding hydrogens is 244 g/mol. The van der Waals surface area contributed by atoms with Crippen molar-refractivity contribution in [3.05, 3.63) is 18.0 Å². The number of hydrogen-bond acceptors (Lipinski definition) is 3. The van der Waals surface area contributed by atoms with Gasteiger partial charge in [-0.15, -0.1) is 0 Å². The lowest BCUT2D eigenvalue weighted by Crippen LogP contribution is -2.31. The second kappa shape index (κ2) is 4.38. The van der Waals surface area contributed by atoms with Crippen LogP contribution >= 0.6 is 0 Å². The van der Waals surface area contributed by atoms with Gasteiger partial charge in [-0.3, -0.25) is 9.59 Å². The number of nitrogens with one attached hydrogen (secondary N) is 3. The van der Waals surface area contributed by atoms with Crippen LogP contribution in [0.3, 0.4) is 0 Å². The summed E-state index contributed by atoms with van der Waals surface area (Å²) < 4.78 is 0. The van der Waals surface area contributed by atoms with E-state index in [0.717, 1.165) is 32.4 Å². The number of aromatic nitrogens is 1. The summed E-state index contributed by atoms with van der Waals surface area (Å²) in [5.74, 6) is -0.361. The summed E-state index contributed by atoms with van der Waals surface area (Å²) in [4.78, 5) is 25.9. The number of rotatable bonds is 3. The second-order valence-electron chi connectivity index (χ2n) is 5.52. The van der Waals surface area contributed by atoms with Gasteiger partial charge in [0.15, 0.2) is 0 Å². The Labute approximate surface area is 111 Å². The highest BCUT2D eigenvalue weighted by Gasteiger charge is 2.57. The van der Waals surface area contributed by atoms with Gasteiger partial charge in [0.25, 0.3) is 5.91 Å². The molecule has 2 amide bonds. The van der Waals surface area contributed by atoms with Crippen molar-refractivity contribution in [1.82, 2.24) is 10.3 Å². The summed E-state index contributed by atoms with van der Waals surface area (Å²) in [5, 5.41) is 6.17. The van der Waals surface area contributed by atoms with E-state index in [-0.39, 0.29) is 17.2 Å². The number of carbonyl (C=O) groups is 2. The maximum absolute atomic E-state index is 12.2. The van der Waals surface area contributed by atoms with Crippen molar-refractivity contribution < 1.29 is 9.59 Å². The Bertz CT molecular complexity index is 516. The smallest absolute Gasteiger partial charge is 0.265 e. The molecule has 5 N–H and O–H groups in total. The molecule has 0 radical (unpaired) electrons. The zero-order valence-corrected chi connectivity index (χ0v) is 10.7. The van der Waals surface area contributed by atoms with Gasteiger partial charge in [-0.1, -0.05) is 0 Å². The highest BCUT2D eigenvalue weighted by Crippen LogP contribution is 2.58. The van der Waals surface area contributed by atoms with Crippen LogP contribution in [0.2, 0.25) is 0 Å². The van der Waals surface area contributed by atoms with Gasteiger partial charge in [0, 0.05) is 12.1 Å². The van der Waals surface area contributed by atoms with Crippen LogP contribution in [-0.2, 0) is 4.79 Å². The molecule has 1 aromatic rings. The highest BCUT2D eigenvalue weighted by molar-refractivity contribution is 5.97. The number of carbonyl (C=O) groups excluding carboxylic acids is 2. The third-order valence-electron chi connectivity index (χ3n) is 4.32. The van der Waals surface area contributed by atoms with Crippen molar-refractivity contribution in [2.45, 2.75) is 19.3 Å². The lowest BCUT2D eigenvalue weighted by atomic mass is 9.92. The molecule has 3 rings (SSSR count). The fraction of sp³-hybridized carbons (Fsp3) is 0.538. The van der Waals surface area contributed by atoms with E-state index < -0.39 is 5.91 Å². The first-order chi connectivity index (χ1) is 9.11. The van der Waals surface area contributed by atoms with Gasteiger partial charge >= 0.3 is 0 Å². The zero-order valence-electron chi connectivity index (χ0n) is 10.7. The molecule has 1 atom stereocenters. The van der Waals surface area contributed by atoms with Crippen LogP contribution < -0.4 is 16.4 Å². The number of hydrogen-bond donors (Lipinski definition) is 4. The first-order valence-corrected chi connectivity index (χ1v) is 6.60. The van der Waals surface area contributed by atoms with E-state index in [4.69, 9.17) is 5.73 Å². The third-order valence-corrected chi connectivity index (χ3v) is 4.32. The van der Waals surface area contributed by atoms with Gasteiger partial charge in [-0.25, -0.2) is 0 Å². The number of nitrogens with two attached hydrogens (primary N) is 1. The maximum atomic E-state index is 12.2. The van der Waals surface area contributed by atoms with Crippen molar-refractivity contribution in [3.63, 3.8) is 0 Å². The average molecular weight is 262 g/mol. The Hall–Kier alpha value is -1.82. The summed E-state index contributed by atoms with van der Waals surface area (Å²) in [6.45, 7) is 2.00. The summed E-state index contributed by atoms with van der Waals surface area (Å²) in [7, 11) is 0. The standard InChI is InChI=1S/C13H18N4O2/c14-11(18)10-5-8(7-16-10)17-12(19)9-6-13(9)1-3-15-4-2-13/h5,7,9,15-16H,1-4,6H2,(H2,14,18)(H,17,19). The summed E-state index contributed by atoms with van der Waals surface area (Å²) in [6.07, 6.45) is 4.72. The molecule has 1 unspecified atom stereocenters. The molecule has 1 spiro atoms. The molecule has 2 heterocycles. The zero-order chi connectivity index (χ0) is 13.5. The van der Waals surface area contributed by atoms with Crippen LogP contribution in [0.15, 0.2) is 12.3 Å². The van der Waals surface area contributed by atoms with Crippen LogP contribution in [0.4, 0.5) is 5.69 Å². The van der Waals surface area contributed by atoms with Gasteiger partial charge in [-0.2, -0.15) is 0 Å². The van der Waals surface area contributed by atoms with E-state index in [1.807, 2.05) is 0 Å². The van der Waals surface area contributed by atoms with Gasteiger partial charge < -0.3 is 21.4 Å². The molecule has 102 valence electrons. The van der Waals surface area contributed by atoms with Crippen LogP contribution in [0.1, 0.15) is 29.8 Å². The Morgan fingerprint density at radius 1 is 1.37 bits per heavy atom. The molecule has 0 aromatic carbocycles. The van der Waals surface area contributed by atoms with E-state index in [0.29, 0.717) is 11.4 Å². The lowest BCUT2D eigenvalue weighted by Gasteiger charge is -2.23. The third kappa shape index (κ3) is 2.23. The number of H-pyrrole nitrogens is 1.